The SMILES string of the molecule is CO[C@H]1[C@H](O[C@H]2CC[C@]3(C=O)[C@H]4CC[C@]5(C)[C@@H](C6=CC(=O)OC6)CC[C@]5(O)[C@@H]4CC[C@]3(O)C2)O[C@H](C)[C@@H](O)[C@@H]1O. The summed E-state index contributed by atoms with van der Waals surface area (Å²) < 4.78 is 22.7. The monoisotopic (exact) mass is 564 g/mol. The molecule has 6 aliphatic rings. The predicted octanol–water partition coefficient (Wildman–Crippen LogP) is 1.40. The Morgan fingerprint density at radius 3 is 2.45 bits per heavy atom. The summed E-state index contributed by atoms with van der Waals surface area (Å²) in [6.07, 6.45) is 2.33. The van der Waals surface area contributed by atoms with Crippen LogP contribution in [0.3, 0.4) is 0 Å². The van der Waals surface area contributed by atoms with Gasteiger partial charge in [0.2, 0.25) is 0 Å². The first-order valence-corrected chi connectivity index (χ1v) is 14.9. The third kappa shape index (κ3) is 3.86. The van der Waals surface area contributed by atoms with Crippen molar-refractivity contribution in [2.75, 3.05) is 13.7 Å². The largest absolute Gasteiger partial charge is 0.458 e. The van der Waals surface area contributed by atoms with E-state index in [0.717, 1.165) is 18.3 Å². The smallest absolute Gasteiger partial charge is 0.331 e. The van der Waals surface area contributed by atoms with E-state index in [0.29, 0.717) is 44.9 Å². The Kier molecular flexibility index (Phi) is 7.05. The number of carbonyl (C=O) groups is 2. The summed E-state index contributed by atoms with van der Waals surface area (Å²) in [4.78, 5) is 24.8. The molecular formula is C30H44O10. The second kappa shape index (κ2) is 9.82. The predicted molar refractivity (Wildman–Crippen MR) is 140 cm³/mol. The first-order valence-electron chi connectivity index (χ1n) is 14.9. The lowest BCUT2D eigenvalue weighted by Gasteiger charge is -2.65. The minimum Gasteiger partial charge on any atom is -0.458 e. The number of rotatable bonds is 5. The van der Waals surface area contributed by atoms with E-state index in [-0.39, 0.29) is 36.8 Å². The Hall–Kier alpha value is -1.40. The van der Waals surface area contributed by atoms with Gasteiger partial charge in [0.15, 0.2) is 6.29 Å². The minimum absolute atomic E-state index is 0.0579. The van der Waals surface area contributed by atoms with Crippen LogP contribution in [0.1, 0.15) is 71.6 Å². The molecule has 2 aliphatic heterocycles. The zero-order valence-corrected chi connectivity index (χ0v) is 23.7. The highest BCUT2D eigenvalue weighted by Gasteiger charge is 2.71. The van der Waals surface area contributed by atoms with Crippen LogP contribution in [0.15, 0.2) is 11.6 Å². The van der Waals surface area contributed by atoms with E-state index in [1.807, 2.05) is 0 Å². The summed E-state index contributed by atoms with van der Waals surface area (Å²) in [7, 11) is 1.42. The number of methoxy groups -OCH3 is 1. The summed E-state index contributed by atoms with van der Waals surface area (Å²) >= 11 is 0. The summed E-state index contributed by atoms with van der Waals surface area (Å²) in [5.41, 5.74) is -2.75. The highest BCUT2D eigenvalue weighted by molar-refractivity contribution is 5.85. The molecule has 1 saturated heterocycles. The van der Waals surface area contributed by atoms with Crippen molar-refractivity contribution in [3.63, 3.8) is 0 Å². The molecule has 0 aromatic rings. The molecule has 10 nitrogen and oxygen atoms in total. The molecule has 40 heavy (non-hydrogen) atoms. The summed E-state index contributed by atoms with van der Waals surface area (Å²) in [5.74, 6) is -0.552. The van der Waals surface area contributed by atoms with Crippen LogP contribution in [0, 0.1) is 28.6 Å². The second-order valence-electron chi connectivity index (χ2n) is 13.6. The van der Waals surface area contributed by atoms with Gasteiger partial charge in [-0.15, -0.1) is 0 Å². The van der Waals surface area contributed by atoms with Gasteiger partial charge in [-0.3, -0.25) is 0 Å². The number of aldehydes is 1. The van der Waals surface area contributed by atoms with E-state index in [2.05, 4.69) is 6.92 Å². The van der Waals surface area contributed by atoms with Gasteiger partial charge in [-0.25, -0.2) is 4.79 Å². The number of aliphatic hydroxyl groups excluding tert-OH is 2. The van der Waals surface area contributed by atoms with Crippen LogP contribution < -0.4 is 0 Å². The van der Waals surface area contributed by atoms with Crippen molar-refractivity contribution in [2.45, 2.75) is 120 Å². The molecule has 2 heterocycles. The molecule has 6 rings (SSSR count). The zero-order valence-electron chi connectivity index (χ0n) is 23.7. The van der Waals surface area contributed by atoms with Crippen LogP contribution in [0.2, 0.25) is 0 Å². The molecule has 0 spiro atoms. The van der Waals surface area contributed by atoms with Crippen LogP contribution >= 0.6 is 0 Å². The molecule has 4 N–H and O–H groups in total. The average Bonchev–Trinajstić information content (AvgIpc) is 3.46. The third-order valence-corrected chi connectivity index (χ3v) is 12.2. The third-order valence-electron chi connectivity index (χ3n) is 12.2. The number of hydrogen-bond donors (Lipinski definition) is 4. The quantitative estimate of drug-likeness (QED) is 0.219. The molecule has 224 valence electrons. The fourth-order valence-electron chi connectivity index (χ4n) is 9.99. The van der Waals surface area contributed by atoms with Crippen molar-refractivity contribution >= 4 is 12.3 Å². The lowest BCUT2D eigenvalue weighted by Crippen LogP contribution is -2.69. The van der Waals surface area contributed by atoms with Crippen molar-refractivity contribution in [3.05, 3.63) is 11.6 Å². The van der Waals surface area contributed by atoms with Crippen molar-refractivity contribution in [2.24, 2.45) is 28.6 Å². The molecule has 0 bridgehead atoms. The molecule has 0 radical (unpaired) electrons. The Morgan fingerprint density at radius 1 is 1.02 bits per heavy atom. The molecule has 0 amide bonds. The van der Waals surface area contributed by atoms with Gasteiger partial charge in [0, 0.05) is 25.0 Å². The van der Waals surface area contributed by atoms with E-state index in [1.165, 1.54) is 7.11 Å². The molecule has 10 heteroatoms. The van der Waals surface area contributed by atoms with Crippen molar-refractivity contribution in [1.29, 1.82) is 0 Å². The first-order chi connectivity index (χ1) is 18.9. The van der Waals surface area contributed by atoms with Gasteiger partial charge in [0.25, 0.3) is 0 Å². The van der Waals surface area contributed by atoms with Crippen LogP contribution in [0.4, 0.5) is 0 Å². The van der Waals surface area contributed by atoms with E-state index >= 15 is 0 Å². The molecule has 5 fully saturated rings. The number of aliphatic hydroxyl groups is 4. The first kappa shape index (κ1) is 28.7. The molecule has 0 aromatic carbocycles. The van der Waals surface area contributed by atoms with Crippen LogP contribution in [-0.4, -0.2) is 94.4 Å². The molecular weight excluding hydrogens is 520 g/mol. The summed E-state index contributed by atoms with van der Waals surface area (Å²) in [6, 6.07) is 0. The zero-order chi connectivity index (χ0) is 28.7. The van der Waals surface area contributed by atoms with E-state index in [1.54, 1.807) is 13.0 Å². The van der Waals surface area contributed by atoms with Gasteiger partial charge >= 0.3 is 5.97 Å². The molecule has 13 atom stereocenters. The lowest BCUT2D eigenvalue weighted by atomic mass is 9.41. The maximum absolute atomic E-state index is 13.0. The van der Waals surface area contributed by atoms with Crippen molar-refractivity contribution in [1.82, 2.24) is 0 Å². The van der Waals surface area contributed by atoms with E-state index < -0.39 is 58.8 Å². The normalized spacial score (nSPS) is 54.1. The van der Waals surface area contributed by atoms with Gasteiger partial charge in [-0.2, -0.15) is 0 Å². The topological polar surface area (TPSA) is 152 Å². The van der Waals surface area contributed by atoms with Gasteiger partial charge in [0.1, 0.15) is 31.2 Å². The molecule has 4 aliphatic carbocycles. The maximum Gasteiger partial charge on any atom is 0.331 e. The number of esters is 1. The number of cyclic esters (lactones) is 1. The van der Waals surface area contributed by atoms with E-state index in [4.69, 9.17) is 18.9 Å². The molecule has 0 aromatic heterocycles. The fraction of sp³-hybridized carbons (Fsp3) is 0.867. The number of hydrogen-bond acceptors (Lipinski definition) is 10. The maximum atomic E-state index is 13.0. The summed E-state index contributed by atoms with van der Waals surface area (Å²) in [5, 5.41) is 45.3. The van der Waals surface area contributed by atoms with Gasteiger partial charge < -0.3 is 44.2 Å². The van der Waals surface area contributed by atoms with Crippen LogP contribution in [0.25, 0.3) is 0 Å². The number of ether oxygens (including phenoxy) is 4. The second-order valence-corrected chi connectivity index (χ2v) is 13.6. The molecule has 0 unspecified atom stereocenters. The lowest BCUT2D eigenvalue weighted by molar-refractivity contribution is -0.320. The van der Waals surface area contributed by atoms with E-state index in [9.17, 15) is 30.0 Å². The van der Waals surface area contributed by atoms with Crippen molar-refractivity contribution < 1.29 is 49.0 Å². The average molecular weight is 565 g/mol. The van der Waals surface area contributed by atoms with Gasteiger partial charge in [-0.1, -0.05) is 6.92 Å². The number of carbonyl (C=O) groups excluding carboxylic acids is 2. The highest BCUT2D eigenvalue weighted by Crippen LogP contribution is 2.70. The fourth-order valence-corrected chi connectivity index (χ4v) is 9.99. The van der Waals surface area contributed by atoms with Gasteiger partial charge in [-0.05, 0) is 81.6 Å². The van der Waals surface area contributed by atoms with Gasteiger partial charge in [0.05, 0.1) is 28.8 Å². The molecule has 4 saturated carbocycles. The highest BCUT2D eigenvalue weighted by atomic mass is 16.7. The Bertz CT molecular complexity index is 1060. The standard InChI is InChI=1S/C30H44O10/c1-16-23(33)24(34)25(37-3)26(39-16)40-18-4-9-28(15-31)20-5-8-27(2)19(17-12-22(32)38-14-17)7-11-30(27,36)21(20)6-10-29(28,35)13-18/h12,15-16,18-21,23-26,33-36H,4-11,13-14H2,1-3H3/t16-,18+,19-,20+,21-,23-,24+,25-,26+,27-,28+,29+,30+/m1/s1. The Labute approximate surface area is 235 Å². The summed E-state index contributed by atoms with van der Waals surface area (Å²) in [6.45, 7) is 4.07. The Balaban J connectivity index is 1.22. The minimum atomic E-state index is -1.30. The van der Waals surface area contributed by atoms with Crippen molar-refractivity contribution in [3.8, 4) is 0 Å². The Morgan fingerprint density at radius 2 is 1.77 bits per heavy atom. The van der Waals surface area contributed by atoms with Crippen LogP contribution in [-0.2, 0) is 28.5 Å². The van der Waals surface area contributed by atoms with Crippen LogP contribution in [0.5, 0.6) is 0 Å². The number of fused-ring (bicyclic) bond motifs is 5.